The van der Waals surface area contributed by atoms with Crippen molar-refractivity contribution in [3.05, 3.63) is 30.5 Å². The van der Waals surface area contributed by atoms with E-state index in [0.29, 0.717) is 23.2 Å². The first-order chi connectivity index (χ1) is 12.3. The topological polar surface area (TPSA) is 97.9 Å². The number of aromatic nitrogens is 1. The van der Waals surface area contributed by atoms with Crippen LogP contribution < -0.4 is 0 Å². The van der Waals surface area contributed by atoms with Gasteiger partial charge in [0.25, 0.3) is 0 Å². The molecular formula is C17H19N3O4S2. The van der Waals surface area contributed by atoms with Crippen molar-refractivity contribution in [2.45, 2.75) is 37.2 Å². The molecule has 0 bridgehead atoms. The third kappa shape index (κ3) is 3.49. The first-order valence-electron chi connectivity index (χ1n) is 8.19. The SMILES string of the molecule is CCCCC1=NC(n2cc(S(C)(=O)=O)c3ccccc32)C(=S(=O)=O)C=N1. The summed E-state index contributed by atoms with van der Waals surface area (Å²) in [5.74, 6) is 0.560. The number of benzene rings is 1. The Morgan fingerprint density at radius 3 is 2.62 bits per heavy atom. The van der Waals surface area contributed by atoms with Gasteiger partial charge in [0.15, 0.2) is 16.0 Å². The standard InChI is InChI=1S/C17H19N3O4S2/c1-3-4-9-16-18-10-14(25(21)22)17(19-16)20-11-15(26(2,23)24)12-7-5-6-8-13(12)20/h5-8,10-11,17H,3-4,9H2,1-2H3. The third-order valence-corrected chi connectivity index (χ3v) is 6.01. The summed E-state index contributed by atoms with van der Waals surface area (Å²) >= 11 is 0. The zero-order valence-electron chi connectivity index (χ0n) is 14.5. The Kier molecular flexibility index (Phi) is 5.10. The quantitative estimate of drug-likeness (QED) is 0.728. The summed E-state index contributed by atoms with van der Waals surface area (Å²) in [6.07, 6.45) is 5.53. The van der Waals surface area contributed by atoms with Crippen LogP contribution in [0.3, 0.4) is 0 Å². The van der Waals surface area contributed by atoms with E-state index < -0.39 is 26.3 Å². The van der Waals surface area contributed by atoms with Gasteiger partial charge in [-0.1, -0.05) is 31.5 Å². The Labute approximate surface area is 153 Å². The molecule has 0 radical (unpaired) electrons. The number of sulfone groups is 1. The molecule has 1 unspecified atom stereocenters. The van der Waals surface area contributed by atoms with Crippen LogP contribution in [0.4, 0.5) is 0 Å². The molecule has 0 spiro atoms. The molecule has 0 aliphatic carbocycles. The van der Waals surface area contributed by atoms with Crippen LogP contribution in [0.1, 0.15) is 32.4 Å². The second-order valence-corrected chi connectivity index (χ2v) is 9.03. The van der Waals surface area contributed by atoms with Crippen molar-refractivity contribution in [2.24, 2.45) is 9.98 Å². The number of nitrogens with zero attached hydrogens (tertiary/aromatic N) is 3. The van der Waals surface area contributed by atoms with Crippen molar-refractivity contribution >= 4 is 47.9 Å². The molecule has 1 aromatic heterocycles. The monoisotopic (exact) mass is 393 g/mol. The average Bonchev–Trinajstić information content (AvgIpc) is 2.99. The fraction of sp³-hybridized carbons (Fsp3) is 0.353. The Morgan fingerprint density at radius 2 is 1.96 bits per heavy atom. The van der Waals surface area contributed by atoms with Gasteiger partial charge in [-0.05, 0) is 12.5 Å². The summed E-state index contributed by atoms with van der Waals surface area (Å²) in [6, 6.07) is 6.98. The molecule has 3 rings (SSSR count). The fourth-order valence-corrected chi connectivity index (χ4v) is 4.26. The van der Waals surface area contributed by atoms with E-state index >= 15 is 0 Å². The summed E-state index contributed by atoms with van der Waals surface area (Å²) in [5, 5.41) is 0.541. The Bertz CT molecular complexity index is 1150. The van der Waals surface area contributed by atoms with E-state index in [2.05, 4.69) is 9.98 Å². The van der Waals surface area contributed by atoms with Crippen LogP contribution in [0.25, 0.3) is 10.9 Å². The molecule has 0 amide bonds. The summed E-state index contributed by atoms with van der Waals surface area (Å²) in [7, 11) is -6.00. The number of hydrogen-bond acceptors (Lipinski definition) is 6. The molecule has 0 saturated heterocycles. The van der Waals surface area contributed by atoms with E-state index in [1.807, 2.05) is 6.92 Å². The number of hydrogen-bond donors (Lipinski definition) is 0. The molecule has 0 saturated carbocycles. The van der Waals surface area contributed by atoms with Gasteiger partial charge in [0.1, 0.15) is 10.7 Å². The lowest BCUT2D eigenvalue weighted by Crippen LogP contribution is -2.24. The maximum atomic E-state index is 12.2. The minimum absolute atomic E-state index is 0.00560. The maximum Gasteiger partial charge on any atom is 0.223 e. The second kappa shape index (κ2) is 7.16. The van der Waals surface area contributed by atoms with Crippen LogP contribution in [0.15, 0.2) is 45.3 Å². The zero-order valence-corrected chi connectivity index (χ0v) is 16.1. The van der Waals surface area contributed by atoms with Gasteiger partial charge in [-0.3, -0.25) is 0 Å². The van der Waals surface area contributed by atoms with Crippen molar-refractivity contribution in [3.63, 3.8) is 0 Å². The molecule has 1 aliphatic rings. The van der Waals surface area contributed by atoms with Crippen LogP contribution in [0, 0.1) is 0 Å². The van der Waals surface area contributed by atoms with Crippen LogP contribution in [0.5, 0.6) is 0 Å². The van der Waals surface area contributed by atoms with E-state index in [1.54, 1.807) is 28.8 Å². The lowest BCUT2D eigenvalue weighted by Gasteiger charge is -2.18. The molecule has 1 atom stereocenters. The lowest BCUT2D eigenvalue weighted by atomic mass is 10.2. The first-order valence-corrected chi connectivity index (χ1v) is 11.2. The van der Waals surface area contributed by atoms with Gasteiger partial charge < -0.3 is 4.57 Å². The van der Waals surface area contributed by atoms with Gasteiger partial charge in [-0.15, -0.1) is 0 Å². The summed E-state index contributed by atoms with van der Waals surface area (Å²) in [5.41, 5.74) is 0.606. The Hall–Kier alpha value is -2.26. The van der Waals surface area contributed by atoms with Gasteiger partial charge in [0.2, 0.25) is 10.3 Å². The Morgan fingerprint density at radius 1 is 1.23 bits per heavy atom. The minimum Gasteiger partial charge on any atom is -0.319 e. The number of amidine groups is 1. The lowest BCUT2D eigenvalue weighted by molar-refractivity contribution is 0.601. The highest BCUT2D eigenvalue weighted by molar-refractivity contribution is 7.91. The number of fused-ring (bicyclic) bond motifs is 1. The van der Waals surface area contributed by atoms with Crippen LogP contribution in [-0.4, -0.2) is 44.6 Å². The molecule has 1 aromatic carbocycles. The molecule has 138 valence electrons. The normalized spacial score (nSPS) is 17.5. The average molecular weight is 393 g/mol. The highest BCUT2D eigenvalue weighted by atomic mass is 32.2. The van der Waals surface area contributed by atoms with Gasteiger partial charge in [-0.2, -0.15) is 8.42 Å². The van der Waals surface area contributed by atoms with Crippen LogP contribution >= 0.6 is 0 Å². The number of aliphatic imine (C=N–C) groups is 2. The van der Waals surface area contributed by atoms with Crippen molar-refractivity contribution < 1.29 is 16.8 Å². The molecular weight excluding hydrogens is 374 g/mol. The number of rotatable bonds is 5. The molecule has 0 N–H and O–H groups in total. The molecule has 7 nitrogen and oxygen atoms in total. The van der Waals surface area contributed by atoms with Gasteiger partial charge in [0, 0.05) is 24.3 Å². The molecule has 0 fully saturated rings. The predicted octanol–water partition coefficient (Wildman–Crippen LogP) is 2.27. The highest BCUT2D eigenvalue weighted by Crippen LogP contribution is 2.30. The van der Waals surface area contributed by atoms with Crippen LogP contribution in [0.2, 0.25) is 0 Å². The molecule has 26 heavy (non-hydrogen) atoms. The molecule has 2 aromatic rings. The second-order valence-electron chi connectivity index (χ2n) is 6.11. The van der Waals surface area contributed by atoms with Gasteiger partial charge in [-0.25, -0.2) is 18.4 Å². The largest absolute Gasteiger partial charge is 0.319 e. The fourth-order valence-electron chi connectivity index (χ4n) is 2.91. The maximum absolute atomic E-state index is 12.2. The van der Waals surface area contributed by atoms with Gasteiger partial charge >= 0.3 is 0 Å². The number of unbranched alkanes of at least 4 members (excludes halogenated alkanes) is 1. The van der Waals surface area contributed by atoms with Gasteiger partial charge in [0.05, 0.1) is 16.6 Å². The Balaban J connectivity index is 2.24. The van der Waals surface area contributed by atoms with E-state index in [4.69, 9.17) is 0 Å². The number of para-hydroxylation sites is 1. The van der Waals surface area contributed by atoms with E-state index in [-0.39, 0.29) is 9.76 Å². The van der Waals surface area contributed by atoms with Crippen molar-refractivity contribution in [2.75, 3.05) is 6.26 Å². The zero-order chi connectivity index (χ0) is 18.9. The molecule has 2 heterocycles. The summed E-state index contributed by atoms with van der Waals surface area (Å²) in [6.45, 7) is 2.05. The molecule has 9 heteroatoms. The summed E-state index contributed by atoms with van der Waals surface area (Å²) < 4.78 is 49.3. The summed E-state index contributed by atoms with van der Waals surface area (Å²) in [4.78, 5) is 8.79. The minimum atomic E-state index is -3.48. The van der Waals surface area contributed by atoms with E-state index in [0.717, 1.165) is 19.1 Å². The van der Waals surface area contributed by atoms with E-state index in [9.17, 15) is 16.8 Å². The van der Waals surface area contributed by atoms with Crippen molar-refractivity contribution in [3.8, 4) is 0 Å². The first kappa shape index (κ1) is 18.5. The van der Waals surface area contributed by atoms with Crippen molar-refractivity contribution in [1.82, 2.24) is 4.57 Å². The third-order valence-electron chi connectivity index (χ3n) is 4.18. The molecule has 1 aliphatic heterocycles. The van der Waals surface area contributed by atoms with Crippen LogP contribution in [-0.2, 0) is 20.1 Å². The van der Waals surface area contributed by atoms with E-state index in [1.165, 1.54) is 12.4 Å². The highest BCUT2D eigenvalue weighted by Gasteiger charge is 2.26. The smallest absolute Gasteiger partial charge is 0.223 e. The predicted molar refractivity (Wildman–Crippen MR) is 103 cm³/mol. The van der Waals surface area contributed by atoms with Crippen molar-refractivity contribution in [1.29, 1.82) is 0 Å².